The molecule has 1 aliphatic carbocycles. The number of allylic oxidation sites excluding steroid dienone is 2. The third-order valence-corrected chi connectivity index (χ3v) is 3.69. The Hall–Kier alpha value is -1.16. The Morgan fingerprint density at radius 3 is 2.17 bits per heavy atom. The molecule has 0 aromatic carbocycles. The number of carbonyl (C=O) groups excluding carboxylic acids is 2. The first-order valence-corrected chi connectivity index (χ1v) is 6.18. The van der Waals surface area contributed by atoms with Gasteiger partial charge in [0.05, 0.1) is 18.6 Å². The normalized spacial score (nSPS) is 25.7. The molecule has 2 unspecified atom stereocenters. The number of ether oxygens (including phenoxy) is 1. The Morgan fingerprint density at radius 1 is 1.28 bits per heavy atom. The number of hydrogen-bond acceptors (Lipinski definition) is 4. The van der Waals surface area contributed by atoms with Gasteiger partial charge in [-0.1, -0.05) is 13.8 Å². The summed E-state index contributed by atoms with van der Waals surface area (Å²) in [6, 6.07) is 0. The van der Waals surface area contributed by atoms with Crippen molar-refractivity contribution < 1.29 is 19.4 Å². The molecule has 1 rings (SSSR count). The Kier molecular flexibility index (Phi) is 4.01. The molecular formula is C14H22O4. The van der Waals surface area contributed by atoms with Crippen LogP contribution in [-0.4, -0.2) is 29.9 Å². The van der Waals surface area contributed by atoms with E-state index in [-0.39, 0.29) is 17.5 Å². The number of carbonyl (C=O) groups is 2. The number of ketones is 2. The van der Waals surface area contributed by atoms with E-state index >= 15 is 0 Å². The number of rotatable bonds is 3. The lowest BCUT2D eigenvalue weighted by atomic mass is 9.67. The zero-order chi connectivity index (χ0) is 14.2. The van der Waals surface area contributed by atoms with Crippen LogP contribution >= 0.6 is 0 Å². The van der Waals surface area contributed by atoms with Gasteiger partial charge < -0.3 is 9.84 Å². The van der Waals surface area contributed by atoms with Crippen molar-refractivity contribution in [3.05, 3.63) is 11.3 Å². The maximum atomic E-state index is 12.4. The van der Waals surface area contributed by atoms with E-state index in [1.165, 1.54) is 7.11 Å². The second-order valence-electron chi connectivity index (χ2n) is 5.72. The average molecular weight is 254 g/mol. The van der Waals surface area contributed by atoms with Gasteiger partial charge in [0, 0.05) is 5.57 Å². The van der Waals surface area contributed by atoms with Crippen LogP contribution in [0.4, 0.5) is 0 Å². The van der Waals surface area contributed by atoms with Crippen LogP contribution in [0.2, 0.25) is 0 Å². The van der Waals surface area contributed by atoms with Crippen molar-refractivity contribution in [3.63, 3.8) is 0 Å². The van der Waals surface area contributed by atoms with Crippen molar-refractivity contribution >= 4 is 11.6 Å². The molecule has 0 bridgehead atoms. The molecule has 4 nitrogen and oxygen atoms in total. The zero-order valence-corrected chi connectivity index (χ0v) is 11.9. The minimum absolute atomic E-state index is 0.143. The first-order chi connectivity index (χ1) is 8.16. The van der Waals surface area contributed by atoms with Crippen molar-refractivity contribution in [1.82, 2.24) is 0 Å². The first kappa shape index (κ1) is 14.9. The minimum atomic E-state index is -0.973. The lowest BCUT2D eigenvalue weighted by Crippen LogP contribution is -2.49. The van der Waals surface area contributed by atoms with Crippen LogP contribution in [0.25, 0.3) is 0 Å². The van der Waals surface area contributed by atoms with E-state index in [9.17, 15) is 14.7 Å². The molecule has 2 atom stereocenters. The molecule has 0 saturated heterocycles. The molecule has 18 heavy (non-hydrogen) atoms. The summed E-state index contributed by atoms with van der Waals surface area (Å²) in [4.78, 5) is 24.6. The lowest BCUT2D eigenvalue weighted by Gasteiger charge is -2.37. The van der Waals surface area contributed by atoms with Crippen LogP contribution < -0.4 is 0 Å². The average Bonchev–Trinajstić information content (AvgIpc) is 2.27. The van der Waals surface area contributed by atoms with Gasteiger partial charge in [0.2, 0.25) is 0 Å². The molecule has 0 spiro atoms. The monoisotopic (exact) mass is 254 g/mol. The van der Waals surface area contributed by atoms with E-state index in [1.54, 1.807) is 34.6 Å². The highest BCUT2D eigenvalue weighted by molar-refractivity contribution is 6.16. The summed E-state index contributed by atoms with van der Waals surface area (Å²) in [5.41, 5.74) is -0.431. The fourth-order valence-electron chi connectivity index (χ4n) is 2.54. The lowest BCUT2D eigenvalue weighted by molar-refractivity contribution is -0.145. The topological polar surface area (TPSA) is 63.6 Å². The number of aliphatic hydroxyl groups is 1. The van der Waals surface area contributed by atoms with E-state index in [2.05, 4.69) is 0 Å². The van der Waals surface area contributed by atoms with Gasteiger partial charge in [-0.15, -0.1) is 0 Å². The summed E-state index contributed by atoms with van der Waals surface area (Å²) in [6.07, 6.45) is -0.947. The van der Waals surface area contributed by atoms with Crippen molar-refractivity contribution in [1.29, 1.82) is 0 Å². The molecule has 0 fully saturated rings. The first-order valence-electron chi connectivity index (χ1n) is 6.18. The molecule has 1 aliphatic rings. The predicted octanol–water partition coefficient (Wildman–Crippen LogP) is 1.72. The van der Waals surface area contributed by atoms with Gasteiger partial charge in [-0.25, -0.2) is 0 Å². The van der Waals surface area contributed by atoms with Crippen molar-refractivity contribution in [3.8, 4) is 0 Å². The summed E-state index contributed by atoms with van der Waals surface area (Å²) in [6.45, 7) is 8.69. The highest BCUT2D eigenvalue weighted by Gasteiger charge is 2.50. The standard InChI is InChI=1S/C14H22O4/c1-7(2)10(15)9-11(16)8(3)13(18-6)14(4,5)12(9)17/h7,9-10,15H,1-6H3. The maximum Gasteiger partial charge on any atom is 0.175 e. The van der Waals surface area contributed by atoms with Gasteiger partial charge in [0.15, 0.2) is 11.6 Å². The molecule has 102 valence electrons. The quantitative estimate of drug-likeness (QED) is 0.779. The van der Waals surface area contributed by atoms with Crippen molar-refractivity contribution in [2.24, 2.45) is 17.3 Å². The van der Waals surface area contributed by atoms with Gasteiger partial charge >= 0.3 is 0 Å². The van der Waals surface area contributed by atoms with Gasteiger partial charge in [0.25, 0.3) is 0 Å². The van der Waals surface area contributed by atoms with Crippen LogP contribution in [0.3, 0.4) is 0 Å². The number of aliphatic hydroxyl groups excluding tert-OH is 1. The Morgan fingerprint density at radius 2 is 1.78 bits per heavy atom. The third-order valence-electron chi connectivity index (χ3n) is 3.69. The van der Waals surface area contributed by atoms with E-state index < -0.39 is 17.4 Å². The fourth-order valence-corrected chi connectivity index (χ4v) is 2.54. The van der Waals surface area contributed by atoms with E-state index in [0.717, 1.165) is 0 Å². The van der Waals surface area contributed by atoms with Gasteiger partial charge in [-0.05, 0) is 26.7 Å². The van der Waals surface area contributed by atoms with Crippen LogP contribution in [0, 0.1) is 17.3 Å². The largest absolute Gasteiger partial charge is 0.500 e. The number of hydrogen-bond donors (Lipinski definition) is 1. The smallest absolute Gasteiger partial charge is 0.175 e. The summed E-state index contributed by atoms with van der Waals surface area (Å²) in [5, 5.41) is 10.1. The summed E-state index contributed by atoms with van der Waals surface area (Å²) in [5.74, 6) is -1.30. The predicted molar refractivity (Wildman–Crippen MR) is 67.8 cm³/mol. The van der Waals surface area contributed by atoms with Crippen LogP contribution in [0.1, 0.15) is 34.6 Å². The van der Waals surface area contributed by atoms with Gasteiger partial charge in [-0.2, -0.15) is 0 Å². The zero-order valence-electron chi connectivity index (χ0n) is 11.9. The fraction of sp³-hybridized carbons (Fsp3) is 0.714. The number of Topliss-reactive ketones (excluding diaryl/α,β-unsaturated/α-hetero) is 2. The van der Waals surface area contributed by atoms with Crippen molar-refractivity contribution in [2.45, 2.75) is 40.7 Å². The molecule has 4 heteroatoms. The number of methoxy groups -OCH3 is 1. The van der Waals surface area contributed by atoms with Gasteiger partial charge in [-0.3, -0.25) is 9.59 Å². The molecule has 0 saturated carbocycles. The highest BCUT2D eigenvalue weighted by atomic mass is 16.5. The minimum Gasteiger partial charge on any atom is -0.500 e. The van der Waals surface area contributed by atoms with Crippen LogP contribution in [-0.2, 0) is 14.3 Å². The van der Waals surface area contributed by atoms with Crippen LogP contribution in [0.15, 0.2) is 11.3 Å². The van der Waals surface area contributed by atoms with E-state index in [4.69, 9.17) is 4.74 Å². The highest BCUT2D eigenvalue weighted by Crippen LogP contribution is 2.40. The molecule has 1 N–H and O–H groups in total. The Bertz CT molecular complexity index is 404. The molecule has 0 aromatic rings. The second-order valence-corrected chi connectivity index (χ2v) is 5.72. The second kappa shape index (κ2) is 4.84. The SMILES string of the molecule is COC1=C(C)C(=O)C(C(O)C(C)C)C(=O)C1(C)C. The maximum absolute atomic E-state index is 12.4. The Labute approximate surface area is 108 Å². The van der Waals surface area contributed by atoms with E-state index in [1.807, 2.05) is 0 Å². The summed E-state index contributed by atoms with van der Waals surface area (Å²) >= 11 is 0. The van der Waals surface area contributed by atoms with Crippen molar-refractivity contribution in [2.75, 3.05) is 7.11 Å². The summed E-state index contributed by atoms with van der Waals surface area (Å²) < 4.78 is 5.20. The Balaban J connectivity index is 3.33. The molecule has 0 amide bonds. The summed E-state index contributed by atoms with van der Waals surface area (Å²) in [7, 11) is 1.46. The van der Waals surface area contributed by atoms with Crippen LogP contribution in [0.5, 0.6) is 0 Å². The molecule has 0 aliphatic heterocycles. The molecular weight excluding hydrogens is 232 g/mol. The molecule has 0 heterocycles. The molecule has 0 radical (unpaired) electrons. The van der Waals surface area contributed by atoms with E-state index in [0.29, 0.717) is 11.3 Å². The third kappa shape index (κ3) is 2.09. The molecule has 0 aromatic heterocycles. The van der Waals surface area contributed by atoms with Gasteiger partial charge in [0.1, 0.15) is 11.7 Å².